The zero-order chi connectivity index (χ0) is 22.5. The van der Waals surface area contributed by atoms with Crippen molar-refractivity contribution >= 4 is 5.91 Å². The number of halogens is 2. The van der Waals surface area contributed by atoms with Gasteiger partial charge < -0.3 is 18.9 Å². The molecular formula is C24H25F2N3O3. The van der Waals surface area contributed by atoms with E-state index in [1.807, 2.05) is 4.57 Å². The van der Waals surface area contributed by atoms with Gasteiger partial charge in [-0.05, 0) is 48.7 Å². The summed E-state index contributed by atoms with van der Waals surface area (Å²) in [6, 6.07) is 10.8. The molecule has 0 spiro atoms. The van der Waals surface area contributed by atoms with Crippen molar-refractivity contribution in [3.63, 3.8) is 0 Å². The number of hydrogen-bond acceptors (Lipinski definition) is 4. The third kappa shape index (κ3) is 5.13. The number of ether oxygens (including phenoxy) is 2. The molecule has 0 saturated carbocycles. The van der Waals surface area contributed by atoms with Gasteiger partial charge in [0.05, 0.1) is 19.8 Å². The Morgan fingerprint density at radius 1 is 1.25 bits per heavy atom. The standard InChI is InChI=1S/C24H25F2N3O3/c1-31-19-5-2-4-18(13-19)24(30)29(15-20-6-3-11-32-20)16-23-27-9-10-28(23)14-17-7-8-21(25)22(26)12-17/h2,4-5,7-10,12-13,20H,3,6,11,14-16H2,1H3. The van der Waals surface area contributed by atoms with Gasteiger partial charge in [-0.25, -0.2) is 13.8 Å². The Hall–Kier alpha value is -3.26. The fraction of sp³-hybridized carbons (Fsp3) is 0.333. The third-order valence-electron chi connectivity index (χ3n) is 5.52. The van der Waals surface area contributed by atoms with Crippen LogP contribution in [0.4, 0.5) is 8.78 Å². The maximum Gasteiger partial charge on any atom is 0.254 e. The summed E-state index contributed by atoms with van der Waals surface area (Å²) in [6.45, 7) is 1.70. The molecule has 1 fully saturated rings. The normalized spacial score (nSPS) is 15.7. The fourth-order valence-corrected chi connectivity index (χ4v) is 3.83. The summed E-state index contributed by atoms with van der Waals surface area (Å²) in [5.74, 6) is -0.679. The average molecular weight is 441 g/mol. The highest BCUT2D eigenvalue weighted by atomic mass is 19.2. The van der Waals surface area contributed by atoms with Crippen molar-refractivity contribution in [1.29, 1.82) is 0 Å². The van der Waals surface area contributed by atoms with E-state index in [4.69, 9.17) is 9.47 Å². The van der Waals surface area contributed by atoms with Crippen LogP contribution in [0.5, 0.6) is 5.75 Å². The molecule has 1 aliphatic rings. The Kier molecular flexibility index (Phi) is 6.80. The molecule has 1 aliphatic heterocycles. The number of carbonyl (C=O) groups is 1. The van der Waals surface area contributed by atoms with Gasteiger partial charge >= 0.3 is 0 Å². The minimum absolute atomic E-state index is 0.0286. The highest BCUT2D eigenvalue weighted by Gasteiger charge is 2.25. The summed E-state index contributed by atoms with van der Waals surface area (Å²) < 4.78 is 39.7. The molecule has 0 aliphatic carbocycles. The molecule has 0 bridgehead atoms. The quantitative estimate of drug-likeness (QED) is 0.530. The first-order valence-electron chi connectivity index (χ1n) is 10.5. The number of aromatic nitrogens is 2. The molecule has 1 amide bonds. The summed E-state index contributed by atoms with van der Waals surface area (Å²) in [5, 5.41) is 0. The molecule has 0 N–H and O–H groups in total. The minimum atomic E-state index is -0.891. The molecule has 1 unspecified atom stereocenters. The molecule has 1 atom stereocenters. The van der Waals surface area contributed by atoms with Crippen LogP contribution < -0.4 is 4.74 Å². The van der Waals surface area contributed by atoms with Crippen molar-refractivity contribution in [3.8, 4) is 5.75 Å². The lowest BCUT2D eigenvalue weighted by atomic mass is 10.1. The van der Waals surface area contributed by atoms with Gasteiger partial charge in [0.2, 0.25) is 0 Å². The van der Waals surface area contributed by atoms with Gasteiger partial charge in [-0.3, -0.25) is 4.79 Å². The monoisotopic (exact) mass is 441 g/mol. The largest absolute Gasteiger partial charge is 0.497 e. The molecule has 2 aromatic carbocycles. The number of amides is 1. The summed E-state index contributed by atoms with van der Waals surface area (Å²) in [4.78, 5) is 19.5. The Morgan fingerprint density at radius 3 is 2.88 bits per heavy atom. The molecule has 4 rings (SSSR count). The first-order valence-corrected chi connectivity index (χ1v) is 10.5. The highest BCUT2D eigenvalue weighted by Crippen LogP contribution is 2.20. The summed E-state index contributed by atoms with van der Waals surface area (Å²) in [6.07, 6.45) is 5.23. The van der Waals surface area contributed by atoms with Crippen LogP contribution in [0.25, 0.3) is 0 Å². The van der Waals surface area contributed by atoms with Crippen LogP contribution >= 0.6 is 0 Å². The maximum absolute atomic E-state index is 13.6. The minimum Gasteiger partial charge on any atom is -0.497 e. The fourth-order valence-electron chi connectivity index (χ4n) is 3.83. The maximum atomic E-state index is 13.6. The van der Waals surface area contributed by atoms with Crippen molar-refractivity contribution in [2.24, 2.45) is 0 Å². The smallest absolute Gasteiger partial charge is 0.254 e. The number of hydrogen-bond donors (Lipinski definition) is 0. The lowest BCUT2D eigenvalue weighted by Gasteiger charge is -2.26. The van der Waals surface area contributed by atoms with E-state index in [2.05, 4.69) is 4.98 Å². The number of rotatable bonds is 8. The van der Waals surface area contributed by atoms with E-state index in [1.165, 1.54) is 12.1 Å². The van der Waals surface area contributed by atoms with Crippen LogP contribution in [0.1, 0.15) is 34.6 Å². The lowest BCUT2D eigenvalue weighted by molar-refractivity contribution is 0.0499. The van der Waals surface area contributed by atoms with E-state index < -0.39 is 11.6 Å². The van der Waals surface area contributed by atoms with Gasteiger partial charge in [0.15, 0.2) is 11.6 Å². The Labute approximate surface area is 185 Å². The number of nitrogens with zero attached hydrogens (tertiary/aromatic N) is 3. The van der Waals surface area contributed by atoms with Crippen molar-refractivity contribution in [3.05, 3.63) is 83.4 Å². The molecule has 1 aromatic heterocycles. The first-order chi connectivity index (χ1) is 15.5. The molecule has 0 radical (unpaired) electrons. The van der Waals surface area contributed by atoms with Crippen LogP contribution in [0.2, 0.25) is 0 Å². The second-order valence-corrected chi connectivity index (χ2v) is 7.77. The second-order valence-electron chi connectivity index (χ2n) is 7.77. The van der Waals surface area contributed by atoms with Gasteiger partial charge in [0, 0.05) is 37.7 Å². The third-order valence-corrected chi connectivity index (χ3v) is 5.52. The number of carbonyl (C=O) groups excluding carboxylic acids is 1. The van der Waals surface area contributed by atoms with E-state index in [0.29, 0.717) is 42.4 Å². The van der Waals surface area contributed by atoms with Gasteiger partial charge in [0.1, 0.15) is 11.6 Å². The molecule has 6 nitrogen and oxygen atoms in total. The molecule has 2 heterocycles. The van der Waals surface area contributed by atoms with Gasteiger partial charge in [-0.15, -0.1) is 0 Å². The number of imidazole rings is 1. The molecule has 32 heavy (non-hydrogen) atoms. The van der Waals surface area contributed by atoms with Crippen LogP contribution in [-0.4, -0.2) is 46.7 Å². The van der Waals surface area contributed by atoms with E-state index in [1.54, 1.807) is 48.7 Å². The first kappa shape index (κ1) is 22.0. The SMILES string of the molecule is COc1cccc(C(=O)N(Cc2nccn2Cc2ccc(F)c(F)c2)CC2CCCO2)c1. The van der Waals surface area contributed by atoms with Crippen molar-refractivity contribution in [2.45, 2.75) is 32.0 Å². The highest BCUT2D eigenvalue weighted by molar-refractivity contribution is 5.94. The lowest BCUT2D eigenvalue weighted by Crippen LogP contribution is -2.37. The van der Waals surface area contributed by atoms with Crippen LogP contribution in [0.3, 0.4) is 0 Å². The zero-order valence-electron chi connectivity index (χ0n) is 17.8. The Bertz CT molecular complexity index is 1080. The Morgan fingerprint density at radius 2 is 2.12 bits per heavy atom. The molecule has 1 saturated heterocycles. The van der Waals surface area contributed by atoms with E-state index in [9.17, 15) is 13.6 Å². The second kappa shape index (κ2) is 9.91. The number of benzene rings is 2. The van der Waals surface area contributed by atoms with E-state index in [0.717, 1.165) is 18.9 Å². The van der Waals surface area contributed by atoms with Crippen molar-refractivity contribution < 1.29 is 23.0 Å². The predicted octanol–water partition coefficient (Wildman–Crippen LogP) is 4.04. The molecule has 3 aromatic rings. The number of methoxy groups -OCH3 is 1. The van der Waals surface area contributed by atoms with E-state index in [-0.39, 0.29) is 18.6 Å². The topological polar surface area (TPSA) is 56.6 Å². The van der Waals surface area contributed by atoms with E-state index >= 15 is 0 Å². The summed E-state index contributed by atoms with van der Waals surface area (Å²) in [5.41, 5.74) is 1.12. The molecular weight excluding hydrogens is 416 g/mol. The van der Waals surface area contributed by atoms with Crippen LogP contribution in [0, 0.1) is 11.6 Å². The molecule has 168 valence electrons. The van der Waals surface area contributed by atoms with Crippen LogP contribution in [-0.2, 0) is 17.8 Å². The average Bonchev–Trinajstić information content (AvgIpc) is 3.48. The zero-order valence-corrected chi connectivity index (χ0v) is 17.8. The van der Waals surface area contributed by atoms with Gasteiger partial charge in [0.25, 0.3) is 5.91 Å². The van der Waals surface area contributed by atoms with Gasteiger partial charge in [-0.2, -0.15) is 0 Å². The van der Waals surface area contributed by atoms with Crippen molar-refractivity contribution in [1.82, 2.24) is 14.5 Å². The van der Waals surface area contributed by atoms with Crippen LogP contribution in [0.15, 0.2) is 54.9 Å². The summed E-state index contributed by atoms with van der Waals surface area (Å²) in [7, 11) is 1.56. The van der Waals surface area contributed by atoms with Crippen molar-refractivity contribution in [2.75, 3.05) is 20.3 Å². The predicted molar refractivity (Wildman–Crippen MR) is 114 cm³/mol. The van der Waals surface area contributed by atoms with Gasteiger partial charge in [-0.1, -0.05) is 12.1 Å². The molecule has 8 heteroatoms. The summed E-state index contributed by atoms with van der Waals surface area (Å²) >= 11 is 0. The Balaban J connectivity index is 1.56.